The third-order valence-corrected chi connectivity index (χ3v) is 3.31. The van der Waals surface area contributed by atoms with Crippen LogP contribution in [0, 0.1) is 6.92 Å². The molecule has 0 saturated heterocycles. The highest BCUT2D eigenvalue weighted by atomic mass is 35.5. The van der Waals surface area contributed by atoms with Crippen LogP contribution in [0.2, 0.25) is 0 Å². The predicted octanol–water partition coefficient (Wildman–Crippen LogP) is 0.848. The molecule has 130 valence electrons. The number of carbonyl (C=O) groups excluding carboxylic acids is 2. The molecule has 1 heterocycles. The fourth-order valence-corrected chi connectivity index (χ4v) is 2.08. The molecule has 1 aromatic heterocycles. The Morgan fingerprint density at radius 1 is 1.42 bits per heavy atom. The van der Waals surface area contributed by atoms with Gasteiger partial charge in [-0.25, -0.2) is 9.78 Å². The van der Waals surface area contributed by atoms with Crippen LogP contribution < -0.4 is 10.2 Å². The summed E-state index contributed by atoms with van der Waals surface area (Å²) < 4.78 is 0. The molecule has 10 heteroatoms. The van der Waals surface area contributed by atoms with Gasteiger partial charge in [0.15, 0.2) is 0 Å². The summed E-state index contributed by atoms with van der Waals surface area (Å²) in [5, 5.41) is 20.4. The highest BCUT2D eigenvalue weighted by Gasteiger charge is 2.28. The second kappa shape index (κ2) is 8.82. The molecule has 0 fully saturated rings. The number of anilines is 2. The van der Waals surface area contributed by atoms with Crippen LogP contribution in [0.15, 0.2) is 12.3 Å². The van der Waals surface area contributed by atoms with E-state index in [1.807, 2.05) is 0 Å². The molecule has 0 aliphatic heterocycles. The van der Waals surface area contributed by atoms with E-state index in [9.17, 15) is 24.3 Å². The normalized spacial score (nSPS) is 11.4. The zero-order chi connectivity index (χ0) is 18.3. The summed E-state index contributed by atoms with van der Waals surface area (Å²) in [6, 6.07) is 0.132. The molecule has 0 saturated carbocycles. The maximum absolute atomic E-state index is 11.4. The number of nitrogens with one attached hydrogen (secondary N) is 1. The molecule has 1 atom stereocenters. The minimum absolute atomic E-state index is 0.0617. The highest BCUT2D eigenvalue weighted by Crippen LogP contribution is 2.23. The number of carboxylic acid groups (broad SMARTS) is 2. The molecule has 0 aliphatic carbocycles. The van der Waals surface area contributed by atoms with Gasteiger partial charge in [-0.15, -0.1) is 11.6 Å². The van der Waals surface area contributed by atoms with Gasteiger partial charge >= 0.3 is 11.9 Å². The van der Waals surface area contributed by atoms with Gasteiger partial charge in [0.05, 0.1) is 11.9 Å². The Hall–Kier alpha value is -2.68. The van der Waals surface area contributed by atoms with E-state index in [0.29, 0.717) is 11.3 Å². The molecule has 0 bridgehead atoms. The van der Waals surface area contributed by atoms with Gasteiger partial charge in [0.25, 0.3) is 0 Å². The number of halogens is 1. The van der Waals surface area contributed by atoms with Gasteiger partial charge in [0, 0.05) is 6.42 Å². The number of alkyl halides is 1. The van der Waals surface area contributed by atoms with Crippen molar-refractivity contribution in [1.82, 2.24) is 4.98 Å². The van der Waals surface area contributed by atoms with Gasteiger partial charge in [-0.05, 0) is 25.0 Å². The number of hydrogen-bond acceptors (Lipinski definition) is 5. The number of nitrogens with zero attached hydrogens (tertiary/aromatic N) is 2. The van der Waals surface area contributed by atoms with E-state index in [2.05, 4.69) is 10.3 Å². The molecule has 1 aromatic rings. The number of pyridine rings is 1. The lowest BCUT2D eigenvalue weighted by Crippen LogP contribution is -2.41. The second-order valence-electron chi connectivity index (χ2n) is 4.85. The second-order valence-corrected chi connectivity index (χ2v) is 5.11. The number of amides is 2. The number of carboxylic acids is 2. The van der Waals surface area contributed by atoms with Crippen LogP contribution in [0.3, 0.4) is 0 Å². The van der Waals surface area contributed by atoms with Crippen molar-refractivity contribution in [3.05, 3.63) is 17.8 Å². The Balaban J connectivity index is 3.09. The first-order valence-corrected chi connectivity index (χ1v) is 7.34. The maximum Gasteiger partial charge on any atom is 0.326 e. The van der Waals surface area contributed by atoms with Crippen molar-refractivity contribution in [2.75, 3.05) is 16.1 Å². The smallest absolute Gasteiger partial charge is 0.326 e. The van der Waals surface area contributed by atoms with Crippen molar-refractivity contribution in [2.24, 2.45) is 0 Å². The van der Waals surface area contributed by atoms with Crippen LogP contribution in [-0.4, -0.2) is 51.4 Å². The van der Waals surface area contributed by atoms with Crippen molar-refractivity contribution in [2.45, 2.75) is 25.8 Å². The van der Waals surface area contributed by atoms with Gasteiger partial charge in [-0.3, -0.25) is 19.3 Å². The minimum Gasteiger partial charge on any atom is -0.481 e. The van der Waals surface area contributed by atoms with Gasteiger partial charge in [-0.1, -0.05) is 0 Å². The third-order valence-electron chi connectivity index (χ3n) is 3.07. The van der Waals surface area contributed by atoms with Gasteiger partial charge in [0.1, 0.15) is 17.7 Å². The van der Waals surface area contributed by atoms with Crippen LogP contribution >= 0.6 is 11.6 Å². The van der Waals surface area contributed by atoms with Crippen LogP contribution in [0.1, 0.15) is 18.4 Å². The van der Waals surface area contributed by atoms with E-state index < -0.39 is 30.3 Å². The minimum atomic E-state index is -1.37. The first kappa shape index (κ1) is 19.4. The molecule has 3 N–H and O–H groups in total. The molecule has 0 unspecified atom stereocenters. The highest BCUT2D eigenvalue weighted by molar-refractivity contribution is 6.29. The molecule has 1 rings (SSSR count). The number of aryl methyl sites for hydroxylation is 1. The van der Waals surface area contributed by atoms with Crippen molar-refractivity contribution < 1.29 is 29.4 Å². The van der Waals surface area contributed by atoms with Crippen LogP contribution in [0.5, 0.6) is 0 Å². The topological polar surface area (TPSA) is 137 Å². The molecule has 0 radical (unpaired) electrons. The Kier molecular flexibility index (Phi) is 7.12. The Bertz CT molecular complexity index is 651. The zero-order valence-electron chi connectivity index (χ0n) is 12.7. The van der Waals surface area contributed by atoms with E-state index in [0.717, 1.165) is 4.90 Å². The fourth-order valence-electron chi connectivity index (χ4n) is 2.01. The average molecular weight is 358 g/mol. The molecule has 0 aliphatic rings. The van der Waals surface area contributed by atoms with Gasteiger partial charge in [0.2, 0.25) is 12.3 Å². The van der Waals surface area contributed by atoms with E-state index in [4.69, 9.17) is 16.7 Å². The largest absolute Gasteiger partial charge is 0.481 e. The van der Waals surface area contributed by atoms with Crippen LogP contribution in [-0.2, 0) is 19.2 Å². The van der Waals surface area contributed by atoms with Crippen molar-refractivity contribution in [3.8, 4) is 0 Å². The van der Waals surface area contributed by atoms with E-state index >= 15 is 0 Å². The first-order chi connectivity index (χ1) is 11.3. The number of rotatable bonds is 9. The summed E-state index contributed by atoms with van der Waals surface area (Å²) in [6.07, 6.45) is 0.853. The van der Waals surface area contributed by atoms with E-state index in [1.165, 1.54) is 12.3 Å². The number of carbonyl (C=O) groups is 4. The quantitative estimate of drug-likeness (QED) is 0.440. The number of aromatic nitrogens is 1. The molecule has 0 spiro atoms. The summed E-state index contributed by atoms with van der Waals surface area (Å²) in [7, 11) is 0. The SMILES string of the molecule is Cc1cc(NC(=O)CCl)cnc1N(C=O)[C@@H](CCC(=O)O)C(=O)O. The van der Waals surface area contributed by atoms with E-state index in [1.54, 1.807) is 6.92 Å². The summed E-state index contributed by atoms with van der Waals surface area (Å²) in [5.41, 5.74) is 0.765. The summed E-state index contributed by atoms with van der Waals surface area (Å²) >= 11 is 5.38. The lowest BCUT2D eigenvalue weighted by Gasteiger charge is -2.25. The molecule has 24 heavy (non-hydrogen) atoms. The molecule has 9 nitrogen and oxygen atoms in total. The Morgan fingerprint density at radius 2 is 2.08 bits per heavy atom. The summed E-state index contributed by atoms with van der Waals surface area (Å²) in [4.78, 5) is 49.4. The Labute approximate surface area is 142 Å². The summed E-state index contributed by atoms with van der Waals surface area (Å²) in [5.74, 6) is -3.13. The average Bonchev–Trinajstić information content (AvgIpc) is 2.51. The summed E-state index contributed by atoms with van der Waals surface area (Å²) in [6.45, 7) is 1.57. The van der Waals surface area contributed by atoms with Crippen LogP contribution in [0.25, 0.3) is 0 Å². The lowest BCUT2D eigenvalue weighted by atomic mass is 10.1. The third kappa shape index (κ3) is 5.20. The molecule has 0 aromatic carbocycles. The fraction of sp³-hybridized carbons (Fsp3) is 0.357. The molecule has 2 amide bonds. The van der Waals surface area contributed by atoms with Crippen molar-refractivity contribution in [3.63, 3.8) is 0 Å². The molecular weight excluding hydrogens is 342 g/mol. The maximum atomic E-state index is 11.4. The Morgan fingerprint density at radius 3 is 2.54 bits per heavy atom. The van der Waals surface area contributed by atoms with Gasteiger partial charge < -0.3 is 15.5 Å². The zero-order valence-corrected chi connectivity index (χ0v) is 13.5. The predicted molar refractivity (Wildman–Crippen MR) is 85.2 cm³/mol. The lowest BCUT2D eigenvalue weighted by molar-refractivity contribution is -0.140. The van der Waals surface area contributed by atoms with Gasteiger partial charge in [-0.2, -0.15) is 0 Å². The standard InChI is InChI=1S/C14H16ClN3O6/c1-8-4-9(17-11(20)5-15)6-16-13(8)18(7-19)10(14(23)24)2-3-12(21)22/h4,6-7,10H,2-3,5H2,1H3,(H,17,20)(H,21,22)(H,23,24)/t10-/m0/s1. The number of hydrogen-bond donors (Lipinski definition) is 3. The number of aliphatic carboxylic acids is 2. The van der Waals surface area contributed by atoms with Crippen molar-refractivity contribution >= 4 is 47.4 Å². The monoisotopic (exact) mass is 357 g/mol. The van der Waals surface area contributed by atoms with Crippen molar-refractivity contribution in [1.29, 1.82) is 0 Å². The van der Waals surface area contributed by atoms with E-state index in [-0.39, 0.29) is 24.5 Å². The first-order valence-electron chi connectivity index (χ1n) is 6.80. The molecular formula is C14H16ClN3O6. The van der Waals surface area contributed by atoms with Crippen LogP contribution in [0.4, 0.5) is 11.5 Å².